The van der Waals surface area contributed by atoms with Crippen molar-refractivity contribution in [2.24, 2.45) is 11.8 Å². The summed E-state index contributed by atoms with van der Waals surface area (Å²) in [5.74, 6) is 0.930. The van der Waals surface area contributed by atoms with E-state index >= 15 is 0 Å². The van der Waals surface area contributed by atoms with Crippen LogP contribution in [0.5, 0.6) is 0 Å². The zero-order chi connectivity index (χ0) is 18.4. The van der Waals surface area contributed by atoms with Crippen LogP contribution in [0.15, 0.2) is 12.4 Å². The molecule has 144 valence electrons. The SMILES string of the molecule is CC(CC(=O)Nc1cnn(CC(=O)N2CCOCC2)c1)C1CCCNC1. The fraction of sp³-hybridized carbons (Fsp3) is 0.722. The van der Waals surface area contributed by atoms with Crippen LogP contribution in [0.3, 0.4) is 0 Å². The lowest BCUT2D eigenvalue weighted by Crippen LogP contribution is -2.42. The number of morpholine rings is 1. The molecule has 1 aromatic rings. The maximum Gasteiger partial charge on any atom is 0.244 e. The van der Waals surface area contributed by atoms with Gasteiger partial charge in [0.2, 0.25) is 11.8 Å². The average molecular weight is 363 g/mol. The number of hydrogen-bond donors (Lipinski definition) is 2. The molecule has 0 bridgehead atoms. The van der Waals surface area contributed by atoms with Crippen molar-refractivity contribution in [3.63, 3.8) is 0 Å². The molecule has 8 heteroatoms. The lowest BCUT2D eigenvalue weighted by Gasteiger charge is -2.27. The summed E-state index contributed by atoms with van der Waals surface area (Å²) in [5.41, 5.74) is 0.638. The minimum absolute atomic E-state index is 0.00197. The van der Waals surface area contributed by atoms with Crippen molar-refractivity contribution in [3.05, 3.63) is 12.4 Å². The zero-order valence-corrected chi connectivity index (χ0v) is 15.4. The number of amides is 2. The summed E-state index contributed by atoms with van der Waals surface area (Å²) in [7, 11) is 0. The lowest BCUT2D eigenvalue weighted by molar-refractivity contribution is -0.136. The number of hydrogen-bond acceptors (Lipinski definition) is 5. The predicted molar refractivity (Wildman–Crippen MR) is 97.6 cm³/mol. The third-order valence-corrected chi connectivity index (χ3v) is 5.23. The minimum Gasteiger partial charge on any atom is -0.378 e. The number of nitrogens with zero attached hydrogens (tertiary/aromatic N) is 3. The van der Waals surface area contributed by atoms with Gasteiger partial charge >= 0.3 is 0 Å². The Kier molecular flexibility index (Phi) is 6.62. The van der Waals surface area contributed by atoms with Gasteiger partial charge in [-0.05, 0) is 37.8 Å². The van der Waals surface area contributed by atoms with Crippen LogP contribution in [0, 0.1) is 11.8 Å². The maximum absolute atomic E-state index is 12.3. The number of aromatic nitrogens is 2. The summed E-state index contributed by atoms with van der Waals surface area (Å²) in [5, 5.41) is 10.5. The van der Waals surface area contributed by atoms with Crippen LogP contribution in [0.4, 0.5) is 5.69 Å². The van der Waals surface area contributed by atoms with Crippen molar-refractivity contribution in [2.75, 3.05) is 44.7 Å². The molecule has 8 nitrogen and oxygen atoms in total. The van der Waals surface area contributed by atoms with Gasteiger partial charge in [-0.3, -0.25) is 14.3 Å². The molecule has 3 rings (SSSR count). The van der Waals surface area contributed by atoms with Crippen LogP contribution >= 0.6 is 0 Å². The molecule has 2 atom stereocenters. The second-order valence-electron chi connectivity index (χ2n) is 7.26. The summed E-state index contributed by atoms with van der Waals surface area (Å²) in [6, 6.07) is 0. The maximum atomic E-state index is 12.3. The number of rotatable bonds is 6. The molecule has 2 aliphatic heterocycles. The van der Waals surface area contributed by atoms with Gasteiger partial charge in [-0.1, -0.05) is 6.92 Å². The van der Waals surface area contributed by atoms with E-state index in [0.29, 0.717) is 50.2 Å². The van der Waals surface area contributed by atoms with Crippen molar-refractivity contribution < 1.29 is 14.3 Å². The third-order valence-electron chi connectivity index (χ3n) is 5.23. The first-order valence-corrected chi connectivity index (χ1v) is 9.50. The van der Waals surface area contributed by atoms with Crippen LogP contribution in [-0.4, -0.2) is 65.9 Å². The van der Waals surface area contributed by atoms with Crippen molar-refractivity contribution in [3.8, 4) is 0 Å². The Bertz CT molecular complexity index is 606. The smallest absolute Gasteiger partial charge is 0.244 e. The Morgan fingerprint density at radius 2 is 2.23 bits per heavy atom. The van der Waals surface area contributed by atoms with Crippen LogP contribution < -0.4 is 10.6 Å². The second kappa shape index (κ2) is 9.14. The van der Waals surface area contributed by atoms with E-state index in [2.05, 4.69) is 22.7 Å². The summed E-state index contributed by atoms with van der Waals surface area (Å²) in [4.78, 5) is 26.3. The number of piperidine rings is 1. The van der Waals surface area contributed by atoms with Gasteiger partial charge in [-0.2, -0.15) is 5.10 Å². The summed E-state index contributed by atoms with van der Waals surface area (Å²) < 4.78 is 6.83. The molecule has 0 aliphatic carbocycles. The molecule has 2 amide bonds. The first-order chi connectivity index (χ1) is 12.6. The predicted octanol–water partition coefficient (Wildman–Crippen LogP) is 0.706. The molecule has 2 saturated heterocycles. The molecule has 0 saturated carbocycles. The number of carbonyl (C=O) groups excluding carboxylic acids is 2. The lowest BCUT2D eigenvalue weighted by atomic mass is 9.85. The Morgan fingerprint density at radius 1 is 1.42 bits per heavy atom. The summed E-state index contributed by atoms with van der Waals surface area (Å²) >= 11 is 0. The van der Waals surface area contributed by atoms with E-state index < -0.39 is 0 Å². The molecule has 1 aromatic heterocycles. The van der Waals surface area contributed by atoms with Gasteiger partial charge in [0.25, 0.3) is 0 Å². The van der Waals surface area contributed by atoms with Crippen LogP contribution in [0.2, 0.25) is 0 Å². The van der Waals surface area contributed by atoms with Gasteiger partial charge in [0, 0.05) is 25.7 Å². The molecule has 2 aliphatic rings. The molecule has 0 spiro atoms. The average Bonchev–Trinajstić information content (AvgIpc) is 3.09. The van der Waals surface area contributed by atoms with Gasteiger partial charge in [0.1, 0.15) is 6.54 Å². The van der Waals surface area contributed by atoms with E-state index in [-0.39, 0.29) is 18.4 Å². The minimum atomic E-state index is 0.00197. The van der Waals surface area contributed by atoms with Gasteiger partial charge in [-0.15, -0.1) is 0 Å². The third kappa shape index (κ3) is 5.28. The molecule has 2 unspecified atom stereocenters. The first kappa shape index (κ1) is 18.8. The largest absolute Gasteiger partial charge is 0.378 e. The summed E-state index contributed by atoms with van der Waals surface area (Å²) in [6.45, 7) is 6.81. The highest BCUT2D eigenvalue weighted by atomic mass is 16.5. The molecule has 3 heterocycles. The molecular formula is C18H29N5O3. The fourth-order valence-electron chi connectivity index (χ4n) is 3.60. The quantitative estimate of drug-likeness (QED) is 0.777. The van der Waals surface area contributed by atoms with E-state index in [4.69, 9.17) is 4.74 Å². The highest BCUT2D eigenvalue weighted by Crippen LogP contribution is 2.23. The number of carbonyl (C=O) groups is 2. The van der Waals surface area contributed by atoms with Crippen molar-refractivity contribution in [1.29, 1.82) is 0 Å². The molecule has 0 radical (unpaired) electrons. The number of nitrogens with one attached hydrogen (secondary N) is 2. The Morgan fingerprint density at radius 3 is 2.96 bits per heavy atom. The number of anilines is 1. The van der Waals surface area contributed by atoms with Crippen molar-refractivity contribution >= 4 is 17.5 Å². The van der Waals surface area contributed by atoms with E-state index in [9.17, 15) is 9.59 Å². The monoisotopic (exact) mass is 363 g/mol. The highest BCUT2D eigenvalue weighted by Gasteiger charge is 2.22. The van der Waals surface area contributed by atoms with Crippen LogP contribution in [0.25, 0.3) is 0 Å². The zero-order valence-electron chi connectivity index (χ0n) is 15.4. The van der Waals surface area contributed by atoms with Gasteiger partial charge in [0.15, 0.2) is 0 Å². The molecule has 26 heavy (non-hydrogen) atoms. The van der Waals surface area contributed by atoms with Crippen molar-refractivity contribution in [2.45, 2.75) is 32.7 Å². The van der Waals surface area contributed by atoms with Crippen molar-refractivity contribution in [1.82, 2.24) is 20.0 Å². The van der Waals surface area contributed by atoms with E-state index in [0.717, 1.165) is 13.1 Å². The van der Waals surface area contributed by atoms with E-state index in [1.807, 2.05) is 0 Å². The topological polar surface area (TPSA) is 88.5 Å². The second-order valence-corrected chi connectivity index (χ2v) is 7.26. The number of ether oxygens (including phenoxy) is 1. The molecule has 0 aromatic carbocycles. The van der Waals surface area contributed by atoms with E-state index in [1.165, 1.54) is 12.8 Å². The standard InChI is InChI=1S/C18H29N5O3/c1-14(15-3-2-4-19-10-15)9-17(24)21-16-11-20-23(12-16)13-18(25)22-5-7-26-8-6-22/h11-12,14-15,19H,2-10,13H2,1H3,(H,21,24). The van der Waals surface area contributed by atoms with Gasteiger partial charge in [0.05, 0.1) is 25.1 Å². The molecular weight excluding hydrogens is 334 g/mol. The first-order valence-electron chi connectivity index (χ1n) is 9.50. The van der Waals surface area contributed by atoms with E-state index in [1.54, 1.807) is 22.0 Å². The Balaban J connectivity index is 1.45. The molecule has 2 fully saturated rings. The Hall–Kier alpha value is -1.93. The van der Waals surface area contributed by atoms with Crippen LogP contribution in [0.1, 0.15) is 26.2 Å². The van der Waals surface area contributed by atoms with Gasteiger partial charge in [-0.25, -0.2) is 0 Å². The normalized spacial score (nSPS) is 22.0. The fourth-order valence-corrected chi connectivity index (χ4v) is 3.60. The van der Waals surface area contributed by atoms with Gasteiger partial charge < -0.3 is 20.3 Å². The molecule has 2 N–H and O–H groups in total. The Labute approximate surface area is 154 Å². The summed E-state index contributed by atoms with van der Waals surface area (Å²) in [6.07, 6.45) is 6.17. The highest BCUT2D eigenvalue weighted by molar-refractivity contribution is 5.90. The van der Waals surface area contributed by atoms with Crippen LogP contribution in [-0.2, 0) is 20.9 Å².